The van der Waals surface area contributed by atoms with Gasteiger partial charge in [0.05, 0.1) is 0 Å². The molecule has 0 fully saturated rings. The van der Waals surface area contributed by atoms with Gasteiger partial charge in [0.15, 0.2) is 6.10 Å². The first-order valence-corrected chi connectivity index (χ1v) is 34.8. The SMILES string of the molecule is CCCCCC/C=C\C/C=C\CCCCCCCC(=O)OC(COC(=O)CCCCCCC/C=C\CCCCCCC)COC(=O)CCCCCCCCCCCCCCCCCCCCC/C=C\C/C=C\CCCCCCC. The number of hydrogen-bond acceptors (Lipinski definition) is 6. The fraction of sp³-hybridized carbons (Fsp3) is 0.822. The van der Waals surface area contributed by atoms with E-state index >= 15 is 0 Å². The first-order valence-electron chi connectivity index (χ1n) is 34.8. The van der Waals surface area contributed by atoms with Crippen LogP contribution < -0.4 is 0 Å². The van der Waals surface area contributed by atoms with Gasteiger partial charge in [-0.1, -0.05) is 300 Å². The van der Waals surface area contributed by atoms with Crippen LogP contribution in [0.2, 0.25) is 0 Å². The summed E-state index contributed by atoms with van der Waals surface area (Å²) in [5, 5.41) is 0. The molecule has 0 aromatic rings. The Morgan fingerprint density at radius 3 is 0.722 bits per heavy atom. The minimum Gasteiger partial charge on any atom is -0.462 e. The van der Waals surface area contributed by atoms with Gasteiger partial charge >= 0.3 is 17.9 Å². The number of esters is 3. The van der Waals surface area contributed by atoms with Gasteiger partial charge in [0.25, 0.3) is 0 Å². The third-order valence-electron chi connectivity index (χ3n) is 15.5. The van der Waals surface area contributed by atoms with Crippen molar-refractivity contribution in [3.63, 3.8) is 0 Å². The van der Waals surface area contributed by atoms with E-state index in [1.807, 2.05) is 0 Å². The van der Waals surface area contributed by atoms with E-state index in [0.717, 1.165) is 96.3 Å². The highest BCUT2D eigenvalue weighted by Gasteiger charge is 2.19. The van der Waals surface area contributed by atoms with Gasteiger partial charge in [0.2, 0.25) is 0 Å². The minimum absolute atomic E-state index is 0.0791. The van der Waals surface area contributed by atoms with Gasteiger partial charge in [-0.05, 0) is 109 Å². The summed E-state index contributed by atoms with van der Waals surface area (Å²) in [5.74, 6) is -0.882. The molecule has 0 aromatic carbocycles. The molecule has 0 rings (SSSR count). The summed E-state index contributed by atoms with van der Waals surface area (Å²) < 4.78 is 16.9. The van der Waals surface area contributed by atoms with Gasteiger partial charge in [0.1, 0.15) is 13.2 Å². The second kappa shape index (κ2) is 67.6. The number of rotatable bonds is 64. The standard InChI is InChI=1S/C73H132O6/c1-4-7-10-13-16-19-22-25-28-30-31-32-33-34-35-36-37-38-39-40-41-42-43-44-46-48-51-54-57-60-63-66-72(75)78-69-70(68-77-71(74)65-62-59-56-53-50-47-27-24-21-18-15-12-9-6-3)79-73(76)67-64-61-58-55-52-49-45-29-26-23-20-17-14-11-8-5-2/h20,22-25,27,29-31,45,70H,4-19,21,26,28,32-44,46-69H2,1-3H3/b23-20-,25-22-,27-24-,31-30-,45-29-. The Balaban J connectivity index is 4.18. The Morgan fingerprint density at radius 1 is 0.253 bits per heavy atom. The van der Waals surface area contributed by atoms with Crippen molar-refractivity contribution < 1.29 is 28.6 Å². The van der Waals surface area contributed by atoms with Crippen molar-refractivity contribution in [2.75, 3.05) is 13.2 Å². The molecule has 1 atom stereocenters. The van der Waals surface area contributed by atoms with Crippen molar-refractivity contribution in [1.82, 2.24) is 0 Å². The lowest BCUT2D eigenvalue weighted by Gasteiger charge is -2.18. The average molecular weight is 1110 g/mol. The Kier molecular flexibility index (Phi) is 65.1. The minimum atomic E-state index is -0.784. The molecule has 460 valence electrons. The van der Waals surface area contributed by atoms with Gasteiger partial charge in [-0.25, -0.2) is 0 Å². The van der Waals surface area contributed by atoms with E-state index in [1.54, 1.807) is 0 Å². The van der Waals surface area contributed by atoms with Crippen LogP contribution in [0.25, 0.3) is 0 Å². The van der Waals surface area contributed by atoms with Gasteiger partial charge in [-0.3, -0.25) is 14.4 Å². The second-order valence-corrected chi connectivity index (χ2v) is 23.4. The lowest BCUT2D eigenvalue weighted by Crippen LogP contribution is -2.30. The van der Waals surface area contributed by atoms with Gasteiger partial charge in [-0.15, -0.1) is 0 Å². The lowest BCUT2D eigenvalue weighted by molar-refractivity contribution is -0.167. The summed E-state index contributed by atoms with van der Waals surface area (Å²) in [6.45, 7) is 6.63. The van der Waals surface area contributed by atoms with Crippen LogP contribution in [-0.4, -0.2) is 37.2 Å². The number of ether oxygens (including phenoxy) is 3. The quantitative estimate of drug-likeness (QED) is 0.0261. The Hall–Kier alpha value is -2.89. The van der Waals surface area contributed by atoms with Crippen LogP contribution in [0.15, 0.2) is 60.8 Å². The van der Waals surface area contributed by atoms with E-state index in [9.17, 15) is 14.4 Å². The summed E-state index contributed by atoms with van der Waals surface area (Å²) in [4.78, 5) is 38.3. The number of unbranched alkanes of at least 4 members (excludes halogenated alkanes) is 43. The van der Waals surface area contributed by atoms with Crippen LogP contribution in [0.1, 0.15) is 367 Å². The van der Waals surface area contributed by atoms with Crippen LogP contribution >= 0.6 is 0 Å². The zero-order chi connectivity index (χ0) is 57.1. The van der Waals surface area contributed by atoms with E-state index in [1.165, 1.54) is 231 Å². The van der Waals surface area contributed by atoms with Gasteiger partial charge < -0.3 is 14.2 Å². The molecule has 6 heteroatoms. The van der Waals surface area contributed by atoms with Crippen LogP contribution in [0.5, 0.6) is 0 Å². The third-order valence-corrected chi connectivity index (χ3v) is 15.5. The van der Waals surface area contributed by atoms with Crippen molar-refractivity contribution >= 4 is 17.9 Å². The summed E-state index contributed by atoms with van der Waals surface area (Å²) >= 11 is 0. The number of hydrogen-bond donors (Lipinski definition) is 0. The third kappa shape index (κ3) is 65.8. The molecule has 0 aliphatic carbocycles. The van der Waals surface area contributed by atoms with Crippen LogP contribution in [0.3, 0.4) is 0 Å². The average Bonchev–Trinajstić information content (AvgIpc) is 3.45. The number of allylic oxidation sites excluding steroid dienone is 10. The predicted molar refractivity (Wildman–Crippen MR) is 344 cm³/mol. The smallest absolute Gasteiger partial charge is 0.306 e. The maximum Gasteiger partial charge on any atom is 0.306 e. The fourth-order valence-electron chi connectivity index (χ4n) is 10.2. The van der Waals surface area contributed by atoms with E-state index < -0.39 is 6.10 Å². The highest BCUT2D eigenvalue weighted by atomic mass is 16.6. The van der Waals surface area contributed by atoms with E-state index in [4.69, 9.17) is 14.2 Å². The highest BCUT2D eigenvalue weighted by molar-refractivity contribution is 5.71. The second-order valence-electron chi connectivity index (χ2n) is 23.4. The number of carbonyl (C=O) groups excluding carboxylic acids is 3. The topological polar surface area (TPSA) is 78.9 Å². The Labute approximate surface area is 491 Å². The molecule has 0 N–H and O–H groups in total. The molecule has 0 saturated carbocycles. The fourth-order valence-corrected chi connectivity index (χ4v) is 10.2. The van der Waals surface area contributed by atoms with Gasteiger partial charge in [0, 0.05) is 19.3 Å². The molecule has 79 heavy (non-hydrogen) atoms. The first kappa shape index (κ1) is 76.1. The van der Waals surface area contributed by atoms with Crippen molar-refractivity contribution in [3.05, 3.63) is 60.8 Å². The normalized spacial score (nSPS) is 12.4. The maximum absolute atomic E-state index is 12.9. The molecule has 6 nitrogen and oxygen atoms in total. The van der Waals surface area contributed by atoms with E-state index in [2.05, 4.69) is 81.5 Å². The molecule has 0 heterocycles. The molecule has 0 aromatic heterocycles. The Morgan fingerprint density at radius 2 is 0.456 bits per heavy atom. The van der Waals surface area contributed by atoms with Crippen LogP contribution in [0.4, 0.5) is 0 Å². The molecular weight excluding hydrogens is 973 g/mol. The van der Waals surface area contributed by atoms with E-state index in [-0.39, 0.29) is 31.1 Å². The molecule has 0 aliphatic rings. The Bertz CT molecular complexity index is 1410. The molecular formula is C73H132O6. The van der Waals surface area contributed by atoms with Crippen LogP contribution in [0, 0.1) is 0 Å². The summed E-state index contributed by atoms with van der Waals surface area (Å²) in [7, 11) is 0. The molecule has 0 radical (unpaired) electrons. The number of carbonyl (C=O) groups is 3. The molecule has 1 unspecified atom stereocenters. The molecule has 0 aliphatic heterocycles. The monoisotopic (exact) mass is 1110 g/mol. The van der Waals surface area contributed by atoms with Gasteiger partial charge in [-0.2, -0.15) is 0 Å². The maximum atomic E-state index is 12.9. The first-order chi connectivity index (χ1) is 39.0. The van der Waals surface area contributed by atoms with Crippen molar-refractivity contribution in [3.8, 4) is 0 Å². The summed E-state index contributed by atoms with van der Waals surface area (Å²) in [5.41, 5.74) is 0. The van der Waals surface area contributed by atoms with Crippen molar-refractivity contribution in [2.45, 2.75) is 374 Å². The van der Waals surface area contributed by atoms with Crippen molar-refractivity contribution in [2.24, 2.45) is 0 Å². The predicted octanol–water partition coefficient (Wildman–Crippen LogP) is 23.9. The molecule has 0 saturated heterocycles. The molecule has 0 spiro atoms. The molecule has 0 bridgehead atoms. The van der Waals surface area contributed by atoms with Crippen molar-refractivity contribution in [1.29, 1.82) is 0 Å². The van der Waals surface area contributed by atoms with Crippen LogP contribution in [-0.2, 0) is 28.6 Å². The lowest BCUT2D eigenvalue weighted by atomic mass is 10.0. The molecule has 0 amide bonds. The highest BCUT2D eigenvalue weighted by Crippen LogP contribution is 2.17. The summed E-state index contributed by atoms with van der Waals surface area (Å²) in [6.07, 6.45) is 86.8. The zero-order valence-corrected chi connectivity index (χ0v) is 52.9. The summed E-state index contributed by atoms with van der Waals surface area (Å²) in [6, 6.07) is 0. The van der Waals surface area contributed by atoms with E-state index in [0.29, 0.717) is 19.3 Å². The zero-order valence-electron chi connectivity index (χ0n) is 52.9. The largest absolute Gasteiger partial charge is 0.462 e.